The van der Waals surface area contributed by atoms with Crippen molar-refractivity contribution in [1.29, 1.82) is 0 Å². The number of aromatic amines is 1. The highest BCUT2D eigenvalue weighted by Gasteiger charge is 2.27. The maximum Gasteiger partial charge on any atom is 0.303 e. The van der Waals surface area contributed by atoms with Gasteiger partial charge in [0.2, 0.25) is 0 Å². The second-order valence-electron chi connectivity index (χ2n) is 5.09. The maximum atomic E-state index is 12.4. The molecular weight excluding hydrogens is 288 g/mol. The minimum absolute atomic E-state index is 0.339. The summed E-state index contributed by atoms with van der Waals surface area (Å²) in [5.74, 6) is 0.339. The van der Waals surface area contributed by atoms with Crippen LogP contribution in [0.3, 0.4) is 0 Å². The molecule has 0 aliphatic carbocycles. The first-order chi connectivity index (χ1) is 10.1. The third-order valence-corrected chi connectivity index (χ3v) is 5.14. The van der Waals surface area contributed by atoms with Gasteiger partial charge in [-0.3, -0.25) is 9.82 Å². The van der Waals surface area contributed by atoms with Gasteiger partial charge in [-0.1, -0.05) is 31.2 Å². The van der Waals surface area contributed by atoms with E-state index in [-0.39, 0.29) is 0 Å². The summed E-state index contributed by atoms with van der Waals surface area (Å²) < 4.78 is 28.8. The number of fused-ring (bicyclic) bond motifs is 1. The highest BCUT2D eigenvalue weighted by molar-refractivity contribution is 7.90. The van der Waals surface area contributed by atoms with Crippen molar-refractivity contribution in [3.8, 4) is 0 Å². The number of hydrogen-bond acceptors (Lipinski definition) is 3. The lowest BCUT2D eigenvalue weighted by Crippen LogP contribution is -2.39. The first-order valence-electron chi connectivity index (χ1n) is 6.97. The van der Waals surface area contributed by atoms with Gasteiger partial charge in [-0.25, -0.2) is 0 Å². The number of rotatable bonds is 4. The van der Waals surface area contributed by atoms with Crippen LogP contribution in [0.25, 0.3) is 0 Å². The van der Waals surface area contributed by atoms with E-state index in [2.05, 4.69) is 14.9 Å². The van der Waals surface area contributed by atoms with Crippen molar-refractivity contribution in [2.45, 2.75) is 26.3 Å². The summed E-state index contributed by atoms with van der Waals surface area (Å²) in [4.78, 5) is 0. The van der Waals surface area contributed by atoms with Crippen LogP contribution in [0.1, 0.15) is 23.7 Å². The molecule has 0 spiro atoms. The Morgan fingerprint density at radius 3 is 2.81 bits per heavy atom. The van der Waals surface area contributed by atoms with E-state index in [1.165, 1.54) is 9.87 Å². The predicted octanol–water partition coefficient (Wildman–Crippen LogP) is 1.69. The van der Waals surface area contributed by atoms with Crippen LogP contribution < -0.4 is 4.72 Å². The smallest absolute Gasteiger partial charge is 0.280 e. The Morgan fingerprint density at radius 1 is 1.33 bits per heavy atom. The van der Waals surface area contributed by atoms with Crippen molar-refractivity contribution < 1.29 is 8.42 Å². The number of H-pyrrole nitrogens is 1. The van der Waals surface area contributed by atoms with Gasteiger partial charge in [0, 0.05) is 24.8 Å². The Morgan fingerprint density at radius 2 is 2.10 bits per heavy atom. The highest BCUT2D eigenvalue weighted by Crippen LogP contribution is 2.21. The Hall–Kier alpha value is -1.86. The molecule has 1 aliphatic heterocycles. The molecule has 0 saturated heterocycles. The predicted molar refractivity (Wildman–Crippen MR) is 81.1 cm³/mol. The van der Waals surface area contributed by atoms with Crippen LogP contribution in [0.4, 0.5) is 5.82 Å². The summed E-state index contributed by atoms with van der Waals surface area (Å²) >= 11 is 0. The molecule has 2 heterocycles. The van der Waals surface area contributed by atoms with Crippen molar-refractivity contribution in [1.82, 2.24) is 14.5 Å². The summed E-state index contributed by atoms with van der Waals surface area (Å²) in [5.41, 5.74) is 3.18. The van der Waals surface area contributed by atoms with Gasteiger partial charge in [0.15, 0.2) is 5.82 Å². The molecule has 2 aromatic rings. The third kappa shape index (κ3) is 2.93. The molecule has 7 heteroatoms. The zero-order valence-electron chi connectivity index (χ0n) is 11.8. The molecule has 6 nitrogen and oxygen atoms in total. The van der Waals surface area contributed by atoms with Gasteiger partial charge in [-0.15, -0.1) is 0 Å². The first-order valence-corrected chi connectivity index (χ1v) is 8.41. The molecule has 112 valence electrons. The van der Waals surface area contributed by atoms with Crippen LogP contribution >= 0.6 is 0 Å². The topological polar surface area (TPSA) is 78.1 Å². The molecular formula is C14H18N4O2S. The van der Waals surface area contributed by atoms with E-state index in [4.69, 9.17) is 0 Å². The molecule has 1 aromatic heterocycles. The van der Waals surface area contributed by atoms with Gasteiger partial charge in [0.05, 0.1) is 0 Å². The molecule has 1 aliphatic rings. The lowest BCUT2D eigenvalue weighted by Gasteiger charge is -2.27. The van der Waals surface area contributed by atoms with Crippen LogP contribution in [-0.2, 0) is 29.6 Å². The van der Waals surface area contributed by atoms with E-state index in [9.17, 15) is 8.42 Å². The molecule has 3 rings (SSSR count). The zero-order valence-corrected chi connectivity index (χ0v) is 12.7. The number of nitrogens with one attached hydrogen (secondary N) is 2. The van der Waals surface area contributed by atoms with Crippen molar-refractivity contribution >= 4 is 16.0 Å². The van der Waals surface area contributed by atoms with Crippen LogP contribution in [0, 0.1) is 0 Å². The molecule has 1 aromatic carbocycles. The number of benzene rings is 1. The summed E-state index contributed by atoms with van der Waals surface area (Å²) in [6, 6.07) is 9.66. The Labute approximate surface area is 124 Å². The molecule has 0 radical (unpaired) electrons. The van der Waals surface area contributed by atoms with Gasteiger partial charge in [0.1, 0.15) is 0 Å². The summed E-state index contributed by atoms with van der Waals surface area (Å²) in [6.07, 6.45) is 1.52. The fourth-order valence-corrected chi connectivity index (χ4v) is 3.61. The quantitative estimate of drug-likeness (QED) is 0.902. The number of aromatic nitrogens is 2. The van der Waals surface area contributed by atoms with E-state index in [0.29, 0.717) is 18.9 Å². The summed E-state index contributed by atoms with van der Waals surface area (Å²) in [7, 11) is -3.57. The standard InChI is InChI=1S/C14H18N4O2S/c1-2-13-9-14(16-15-13)17-21(19,20)18-8-7-11-5-3-4-6-12(11)10-18/h3-6,9H,2,7-8,10H2,1H3,(H2,15,16,17). The second-order valence-corrected chi connectivity index (χ2v) is 6.76. The highest BCUT2D eigenvalue weighted by atomic mass is 32.2. The average molecular weight is 306 g/mol. The minimum atomic E-state index is -3.57. The largest absolute Gasteiger partial charge is 0.303 e. The van der Waals surface area contributed by atoms with Crippen molar-refractivity contribution in [3.63, 3.8) is 0 Å². The first kappa shape index (κ1) is 14.1. The Bertz CT molecular complexity index is 739. The fourth-order valence-electron chi connectivity index (χ4n) is 2.47. The van der Waals surface area contributed by atoms with E-state index in [0.717, 1.165) is 24.1 Å². The van der Waals surface area contributed by atoms with Crippen LogP contribution in [0.5, 0.6) is 0 Å². The van der Waals surface area contributed by atoms with Gasteiger partial charge in [-0.05, 0) is 24.0 Å². The Balaban J connectivity index is 1.77. The maximum absolute atomic E-state index is 12.4. The average Bonchev–Trinajstić information content (AvgIpc) is 2.93. The number of hydrogen-bond donors (Lipinski definition) is 2. The molecule has 0 atom stereocenters. The van der Waals surface area contributed by atoms with Gasteiger partial charge in [-0.2, -0.15) is 17.8 Å². The normalized spacial score (nSPS) is 15.7. The van der Waals surface area contributed by atoms with Gasteiger partial charge < -0.3 is 0 Å². The summed E-state index contributed by atoms with van der Waals surface area (Å²) in [6.45, 7) is 2.86. The van der Waals surface area contributed by atoms with Crippen molar-refractivity contribution in [2.24, 2.45) is 0 Å². The fraction of sp³-hybridized carbons (Fsp3) is 0.357. The Kier molecular flexibility index (Phi) is 3.69. The number of anilines is 1. The zero-order chi connectivity index (χ0) is 14.9. The van der Waals surface area contributed by atoms with Gasteiger partial charge >= 0.3 is 10.2 Å². The van der Waals surface area contributed by atoms with E-state index in [1.54, 1.807) is 6.07 Å². The lowest BCUT2D eigenvalue weighted by atomic mass is 10.0. The molecule has 2 N–H and O–H groups in total. The van der Waals surface area contributed by atoms with Crippen LogP contribution in [-0.4, -0.2) is 29.5 Å². The van der Waals surface area contributed by atoms with Gasteiger partial charge in [0.25, 0.3) is 0 Å². The van der Waals surface area contributed by atoms with Crippen molar-refractivity contribution in [2.75, 3.05) is 11.3 Å². The number of nitrogens with zero attached hydrogens (tertiary/aromatic N) is 2. The summed E-state index contributed by atoms with van der Waals surface area (Å²) in [5, 5.41) is 6.77. The van der Waals surface area contributed by atoms with Crippen molar-refractivity contribution in [3.05, 3.63) is 47.2 Å². The molecule has 21 heavy (non-hydrogen) atoms. The van der Waals surface area contributed by atoms with E-state index < -0.39 is 10.2 Å². The van der Waals surface area contributed by atoms with E-state index >= 15 is 0 Å². The molecule has 0 amide bonds. The van der Waals surface area contributed by atoms with E-state index in [1.807, 2.05) is 31.2 Å². The lowest BCUT2D eigenvalue weighted by molar-refractivity contribution is 0.394. The third-order valence-electron chi connectivity index (χ3n) is 3.68. The molecule has 0 saturated carbocycles. The number of aryl methyl sites for hydroxylation is 1. The second kappa shape index (κ2) is 5.50. The SMILES string of the molecule is CCc1cc(NS(=O)(=O)N2CCc3ccccc3C2)n[nH]1. The molecule has 0 bridgehead atoms. The minimum Gasteiger partial charge on any atom is -0.280 e. The monoisotopic (exact) mass is 306 g/mol. The molecule has 0 unspecified atom stereocenters. The van der Waals surface area contributed by atoms with Crippen LogP contribution in [0.15, 0.2) is 30.3 Å². The van der Waals surface area contributed by atoms with Crippen LogP contribution in [0.2, 0.25) is 0 Å². The molecule has 0 fully saturated rings.